The zero-order valence-electron chi connectivity index (χ0n) is 27.9. The summed E-state index contributed by atoms with van der Waals surface area (Å²) in [5, 5.41) is 21.2. The number of carbonyl (C=O) groups excluding carboxylic acids is 2. The molecule has 1 saturated heterocycles. The van der Waals surface area contributed by atoms with Gasteiger partial charge >= 0.3 is 5.97 Å². The van der Waals surface area contributed by atoms with Crippen LogP contribution in [0.4, 0.5) is 0 Å². The van der Waals surface area contributed by atoms with Gasteiger partial charge in [-0.15, -0.1) is 0 Å². The Hall–Kier alpha value is -1.24. The summed E-state index contributed by atoms with van der Waals surface area (Å²) < 4.78 is 11.2. The first-order valence-corrected chi connectivity index (χ1v) is 18.4. The first-order valence-electron chi connectivity index (χ1n) is 18.4. The number of ether oxygens (including phenoxy) is 2. The third-order valence-electron chi connectivity index (χ3n) is 9.40. The van der Waals surface area contributed by atoms with Crippen molar-refractivity contribution < 1.29 is 29.3 Å². The molecule has 0 bridgehead atoms. The second-order valence-corrected chi connectivity index (χ2v) is 13.5. The summed E-state index contributed by atoms with van der Waals surface area (Å²) >= 11 is 0. The normalized spacial score (nSPS) is 21.6. The molecule has 0 amide bonds. The fraction of sp³-hybridized carbons (Fsp3) is 0.892. The van der Waals surface area contributed by atoms with E-state index in [0.29, 0.717) is 18.6 Å². The molecule has 250 valence electrons. The highest BCUT2D eigenvalue weighted by Gasteiger charge is 2.34. The Morgan fingerprint density at radius 2 is 1.16 bits per heavy atom. The number of cyclic esters (lactones) is 1. The number of aliphatic hydroxyl groups is 2. The smallest absolute Gasteiger partial charge is 0.334 e. The maximum atomic E-state index is 12.2. The van der Waals surface area contributed by atoms with E-state index in [1.807, 2.05) is 13.0 Å². The van der Waals surface area contributed by atoms with Gasteiger partial charge in [-0.05, 0) is 64.4 Å². The van der Waals surface area contributed by atoms with Gasteiger partial charge in [-0.25, -0.2) is 4.79 Å². The second kappa shape index (κ2) is 24.1. The highest BCUT2D eigenvalue weighted by molar-refractivity contribution is 5.90. The molecule has 2 aliphatic heterocycles. The molecule has 0 spiro atoms. The molecule has 0 aromatic heterocycles. The third-order valence-corrected chi connectivity index (χ3v) is 9.40. The summed E-state index contributed by atoms with van der Waals surface area (Å²) in [6.45, 7) is 4.15. The predicted molar refractivity (Wildman–Crippen MR) is 175 cm³/mol. The summed E-state index contributed by atoms with van der Waals surface area (Å²) in [4.78, 5) is 23.8. The van der Waals surface area contributed by atoms with Gasteiger partial charge in [0.05, 0.1) is 24.4 Å². The van der Waals surface area contributed by atoms with Crippen LogP contribution in [0.3, 0.4) is 0 Å². The summed E-state index contributed by atoms with van der Waals surface area (Å²) in [6.07, 6.45) is 28.3. The van der Waals surface area contributed by atoms with Crippen molar-refractivity contribution in [1.29, 1.82) is 0 Å². The third kappa shape index (κ3) is 17.7. The van der Waals surface area contributed by atoms with Crippen molar-refractivity contribution in [3.63, 3.8) is 0 Å². The van der Waals surface area contributed by atoms with Crippen molar-refractivity contribution in [3.8, 4) is 0 Å². The highest BCUT2D eigenvalue weighted by atomic mass is 16.5. The molecule has 2 aliphatic rings. The molecular weight excluding hydrogens is 540 g/mol. The van der Waals surface area contributed by atoms with E-state index in [1.165, 1.54) is 57.8 Å². The number of hydrogen-bond acceptors (Lipinski definition) is 6. The van der Waals surface area contributed by atoms with E-state index in [2.05, 4.69) is 6.92 Å². The summed E-state index contributed by atoms with van der Waals surface area (Å²) in [7, 11) is 0. The Bertz CT molecular complexity index is 764. The van der Waals surface area contributed by atoms with Gasteiger partial charge in [-0.2, -0.15) is 0 Å². The molecule has 0 saturated carbocycles. The number of Topliss-reactive ketones (excluding diaryl/α,β-unsaturated/α-hetero) is 1. The van der Waals surface area contributed by atoms with Crippen LogP contribution in [0.2, 0.25) is 0 Å². The van der Waals surface area contributed by atoms with Gasteiger partial charge in [0.2, 0.25) is 0 Å². The summed E-state index contributed by atoms with van der Waals surface area (Å²) in [6, 6.07) is 0. The molecule has 2 heterocycles. The van der Waals surface area contributed by atoms with Gasteiger partial charge in [-0.3, -0.25) is 4.79 Å². The average molecular weight is 607 g/mol. The largest absolute Gasteiger partial charge is 0.455 e. The molecule has 5 atom stereocenters. The number of carbonyl (C=O) groups is 2. The molecule has 0 unspecified atom stereocenters. The number of aliphatic hydroxyl groups excluding tert-OH is 2. The minimum atomic E-state index is -0.455. The van der Waals surface area contributed by atoms with E-state index in [4.69, 9.17) is 9.47 Å². The molecule has 0 aromatic rings. The summed E-state index contributed by atoms with van der Waals surface area (Å²) in [5.41, 5.74) is 0.822. The van der Waals surface area contributed by atoms with E-state index in [0.717, 1.165) is 102 Å². The quantitative estimate of drug-likeness (QED) is 0.0682. The molecule has 2 N–H and O–H groups in total. The zero-order valence-corrected chi connectivity index (χ0v) is 27.9. The van der Waals surface area contributed by atoms with Crippen molar-refractivity contribution >= 4 is 11.8 Å². The number of esters is 1. The van der Waals surface area contributed by atoms with E-state index >= 15 is 0 Å². The second-order valence-electron chi connectivity index (χ2n) is 13.5. The van der Waals surface area contributed by atoms with Gasteiger partial charge in [0, 0.05) is 18.4 Å². The Balaban J connectivity index is 1.36. The molecule has 0 aromatic carbocycles. The van der Waals surface area contributed by atoms with Crippen LogP contribution in [0.25, 0.3) is 0 Å². The highest BCUT2D eigenvalue weighted by Crippen LogP contribution is 2.28. The maximum Gasteiger partial charge on any atom is 0.334 e. The van der Waals surface area contributed by atoms with Gasteiger partial charge in [-0.1, -0.05) is 110 Å². The molecule has 2 rings (SSSR count). The SMILES string of the molecule is CCCCCCCCCCCC[C@@H](O)[C@H]1CC[C@H]([C@H](O)CCCCCCC(=O)CCCCCCCC2=C[C@H](C)OC2=O)O1. The maximum absolute atomic E-state index is 12.2. The van der Waals surface area contributed by atoms with E-state index < -0.39 is 12.2 Å². The van der Waals surface area contributed by atoms with E-state index in [-0.39, 0.29) is 24.3 Å². The standard InChI is InChI=1S/C37H66O6/c1-3-4-5-6-7-8-9-10-14-20-25-33(39)35-27-28-36(43-35)34(40)26-21-16-15-19-24-32(38)23-18-13-11-12-17-22-31-29-30(2)42-37(31)41/h29-30,33-36,39-40H,3-28H2,1-2H3/t30-,33+,34+,35+,36+/m0/s1. The zero-order chi connectivity index (χ0) is 31.1. The van der Waals surface area contributed by atoms with Crippen LogP contribution in [0.5, 0.6) is 0 Å². The van der Waals surface area contributed by atoms with Crippen molar-refractivity contribution in [2.24, 2.45) is 0 Å². The van der Waals surface area contributed by atoms with Crippen LogP contribution in [0.15, 0.2) is 11.6 Å². The molecule has 43 heavy (non-hydrogen) atoms. The lowest BCUT2D eigenvalue weighted by Gasteiger charge is -2.22. The van der Waals surface area contributed by atoms with Gasteiger partial charge < -0.3 is 19.7 Å². The van der Waals surface area contributed by atoms with Crippen molar-refractivity contribution in [3.05, 3.63) is 11.6 Å². The Morgan fingerprint density at radius 3 is 1.63 bits per heavy atom. The summed E-state index contributed by atoms with van der Waals surface area (Å²) in [5.74, 6) is 0.214. The minimum Gasteiger partial charge on any atom is -0.455 e. The fourth-order valence-corrected chi connectivity index (χ4v) is 6.61. The fourth-order valence-electron chi connectivity index (χ4n) is 6.61. The lowest BCUT2D eigenvalue weighted by atomic mass is 9.99. The van der Waals surface area contributed by atoms with Gasteiger partial charge in [0.1, 0.15) is 11.9 Å². The van der Waals surface area contributed by atoms with Gasteiger partial charge in [0.15, 0.2) is 0 Å². The van der Waals surface area contributed by atoms with Crippen LogP contribution in [0, 0.1) is 0 Å². The minimum absolute atomic E-state index is 0.0794. The predicted octanol–water partition coefficient (Wildman–Crippen LogP) is 9.08. The topological polar surface area (TPSA) is 93.1 Å². The number of hydrogen-bond donors (Lipinski definition) is 2. The average Bonchev–Trinajstić information content (AvgIpc) is 3.61. The first-order chi connectivity index (χ1) is 20.9. The van der Waals surface area contributed by atoms with Crippen LogP contribution >= 0.6 is 0 Å². The van der Waals surface area contributed by atoms with E-state index in [1.54, 1.807) is 0 Å². The lowest BCUT2D eigenvalue weighted by Crippen LogP contribution is -2.31. The van der Waals surface area contributed by atoms with Crippen LogP contribution in [0.1, 0.15) is 181 Å². The van der Waals surface area contributed by atoms with Crippen LogP contribution in [-0.4, -0.2) is 52.5 Å². The molecule has 1 fully saturated rings. The molecule has 6 nitrogen and oxygen atoms in total. The Morgan fingerprint density at radius 1 is 0.721 bits per heavy atom. The van der Waals surface area contributed by atoms with Crippen LogP contribution in [-0.2, 0) is 19.1 Å². The molecular formula is C37H66O6. The number of unbranched alkanes of at least 4 members (excludes halogenated alkanes) is 16. The van der Waals surface area contributed by atoms with Crippen molar-refractivity contribution in [2.75, 3.05) is 0 Å². The Kier molecular flexibility index (Phi) is 21.2. The first kappa shape index (κ1) is 37.9. The molecule has 0 aliphatic carbocycles. The Labute approximate surface area is 263 Å². The number of rotatable bonds is 28. The van der Waals surface area contributed by atoms with E-state index in [9.17, 15) is 19.8 Å². The van der Waals surface area contributed by atoms with Crippen molar-refractivity contribution in [1.82, 2.24) is 0 Å². The lowest BCUT2D eigenvalue weighted by molar-refractivity contribution is -0.139. The van der Waals surface area contributed by atoms with Gasteiger partial charge in [0.25, 0.3) is 0 Å². The molecule has 0 radical (unpaired) electrons. The monoisotopic (exact) mass is 606 g/mol. The molecule has 6 heteroatoms. The van der Waals surface area contributed by atoms with Crippen LogP contribution < -0.4 is 0 Å². The van der Waals surface area contributed by atoms with Crippen molar-refractivity contribution in [2.45, 2.75) is 211 Å². The number of ketones is 1.